The molecule has 1 heterocycles. The Morgan fingerprint density at radius 2 is 1.86 bits per heavy atom. The van der Waals surface area contributed by atoms with Crippen LogP contribution in [0.3, 0.4) is 0 Å². The van der Waals surface area contributed by atoms with Gasteiger partial charge in [-0.1, -0.05) is 0 Å². The summed E-state index contributed by atoms with van der Waals surface area (Å²) in [6.45, 7) is 7.38. The van der Waals surface area contributed by atoms with Gasteiger partial charge >= 0.3 is 12.0 Å². The number of nitrogens with zero attached hydrogens (tertiary/aromatic N) is 1. The fourth-order valence-electron chi connectivity index (χ4n) is 2.48. The molecule has 0 aromatic heterocycles. The van der Waals surface area contributed by atoms with Gasteiger partial charge in [0.15, 0.2) is 0 Å². The lowest BCUT2D eigenvalue weighted by molar-refractivity contribution is -0.150. The Hall–Kier alpha value is -1.30. The summed E-state index contributed by atoms with van der Waals surface area (Å²) in [4.78, 5) is 25.6. The number of urea groups is 1. The van der Waals surface area contributed by atoms with Crippen molar-refractivity contribution in [3.8, 4) is 0 Å². The number of carbonyl (C=O) groups excluding carboxylic acids is 1. The van der Waals surface area contributed by atoms with Gasteiger partial charge in [0.25, 0.3) is 0 Å². The molecule has 1 rings (SSSR count). The average Bonchev–Trinajstić information content (AvgIpc) is 2.38. The number of carbonyl (C=O) groups is 2. The Kier molecular flexibility index (Phi) is 5.61. The normalized spacial score (nSPS) is 20.2. The lowest BCUT2D eigenvalue weighted by Gasteiger charge is -2.42. The van der Waals surface area contributed by atoms with Crippen LogP contribution < -0.4 is 5.32 Å². The number of piperidine rings is 1. The molecule has 122 valence electrons. The molecule has 1 saturated heterocycles. The molecule has 0 spiro atoms. The number of carboxylic acid groups (broad SMARTS) is 1. The fraction of sp³-hybridized carbons (Fsp3) is 0.867. The topological polar surface area (TPSA) is 89.9 Å². The van der Waals surface area contributed by atoms with Crippen LogP contribution in [0.4, 0.5) is 4.79 Å². The summed E-state index contributed by atoms with van der Waals surface area (Å²) in [5.41, 5.74) is -1.96. The maximum atomic E-state index is 12.5. The molecule has 21 heavy (non-hydrogen) atoms. The second-order valence-corrected chi connectivity index (χ2v) is 6.84. The molecule has 1 aliphatic heterocycles. The van der Waals surface area contributed by atoms with E-state index < -0.39 is 16.9 Å². The van der Waals surface area contributed by atoms with Crippen molar-refractivity contribution in [2.75, 3.05) is 13.2 Å². The first-order valence-electron chi connectivity index (χ1n) is 7.56. The van der Waals surface area contributed by atoms with Crippen LogP contribution in [-0.2, 0) is 4.79 Å². The Labute approximate surface area is 126 Å². The van der Waals surface area contributed by atoms with E-state index in [-0.39, 0.29) is 18.7 Å². The third-order valence-corrected chi connectivity index (χ3v) is 4.87. The minimum atomic E-state index is -1.08. The first-order chi connectivity index (χ1) is 9.63. The van der Waals surface area contributed by atoms with E-state index in [2.05, 4.69) is 5.32 Å². The van der Waals surface area contributed by atoms with Crippen LogP contribution in [0, 0.1) is 5.41 Å². The number of aliphatic hydroxyl groups is 1. The Bertz CT molecular complexity index is 391. The Morgan fingerprint density at radius 1 is 1.24 bits per heavy atom. The van der Waals surface area contributed by atoms with Gasteiger partial charge in [0.1, 0.15) is 0 Å². The predicted octanol–water partition coefficient (Wildman–Crippen LogP) is 1.82. The van der Waals surface area contributed by atoms with Crippen LogP contribution in [0.5, 0.6) is 0 Å². The quantitative estimate of drug-likeness (QED) is 0.722. The van der Waals surface area contributed by atoms with Crippen LogP contribution >= 0.6 is 0 Å². The largest absolute Gasteiger partial charge is 0.481 e. The minimum Gasteiger partial charge on any atom is -0.481 e. The van der Waals surface area contributed by atoms with E-state index in [0.717, 1.165) is 19.3 Å². The number of aliphatic carboxylic acids is 1. The Morgan fingerprint density at radius 3 is 2.38 bits per heavy atom. The Balaban J connectivity index is 2.81. The molecular weight excluding hydrogens is 272 g/mol. The van der Waals surface area contributed by atoms with Gasteiger partial charge in [-0.15, -0.1) is 0 Å². The molecule has 0 aromatic carbocycles. The van der Waals surface area contributed by atoms with Crippen molar-refractivity contribution in [2.24, 2.45) is 5.41 Å². The van der Waals surface area contributed by atoms with Crippen LogP contribution in [0.2, 0.25) is 0 Å². The molecule has 6 heteroatoms. The van der Waals surface area contributed by atoms with Gasteiger partial charge in [0.2, 0.25) is 0 Å². The molecule has 0 aliphatic carbocycles. The highest BCUT2D eigenvalue weighted by Crippen LogP contribution is 2.31. The van der Waals surface area contributed by atoms with Crippen molar-refractivity contribution in [1.29, 1.82) is 0 Å². The molecule has 1 aliphatic rings. The van der Waals surface area contributed by atoms with Crippen LogP contribution in [0.15, 0.2) is 0 Å². The highest BCUT2D eigenvalue weighted by atomic mass is 16.4. The summed E-state index contributed by atoms with van der Waals surface area (Å²) in [6.07, 6.45) is 3.45. The molecule has 0 bridgehead atoms. The van der Waals surface area contributed by atoms with Crippen LogP contribution in [0.25, 0.3) is 0 Å². The molecule has 6 nitrogen and oxygen atoms in total. The monoisotopic (exact) mass is 300 g/mol. The lowest BCUT2D eigenvalue weighted by Crippen LogP contribution is -2.61. The second-order valence-electron chi connectivity index (χ2n) is 6.84. The maximum absolute atomic E-state index is 12.5. The van der Waals surface area contributed by atoms with Gasteiger partial charge < -0.3 is 20.4 Å². The summed E-state index contributed by atoms with van der Waals surface area (Å²) in [5, 5.41) is 21.3. The van der Waals surface area contributed by atoms with Crippen molar-refractivity contribution in [3.05, 3.63) is 0 Å². The fourth-order valence-corrected chi connectivity index (χ4v) is 2.48. The summed E-state index contributed by atoms with van der Waals surface area (Å²) >= 11 is 0. The van der Waals surface area contributed by atoms with Gasteiger partial charge in [-0.3, -0.25) is 4.79 Å². The molecule has 0 saturated carbocycles. The molecule has 1 unspecified atom stereocenters. The van der Waals surface area contributed by atoms with Gasteiger partial charge in [0, 0.05) is 19.2 Å². The smallest absolute Gasteiger partial charge is 0.318 e. The highest BCUT2D eigenvalue weighted by molar-refractivity contribution is 5.80. The molecule has 3 N–H and O–H groups in total. The van der Waals surface area contributed by atoms with Crippen molar-refractivity contribution in [3.63, 3.8) is 0 Å². The summed E-state index contributed by atoms with van der Waals surface area (Å²) < 4.78 is 0. The third-order valence-electron chi connectivity index (χ3n) is 4.87. The van der Waals surface area contributed by atoms with Crippen molar-refractivity contribution < 1.29 is 19.8 Å². The van der Waals surface area contributed by atoms with E-state index in [0.29, 0.717) is 13.0 Å². The van der Waals surface area contributed by atoms with Crippen molar-refractivity contribution in [1.82, 2.24) is 10.2 Å². The van der Waals surface area contributed by atoms with E-state index in [9.17, 15) is 14.7 Å². The number of nitrogens with one attached hydrogen (secondary N) is 1. The molecular formula is C15H28N2O4. The van der Waals surface area contributed by atoms with E-state index in [1.54, 1.807) is 32.6 Å². The second kappa shape index (κ2) is 6.64. The van der Waals surface area contributed by atoms with Crippen LogP contribution in [0.1, 0.15) is 53.4 Å². The zero-order valence-electron chi connectivity index (χ0n) is 13.5. The number of carboxylic acids is 1. The summed E-state index contributed by atoms with van der Waals surface area (Å²) in [7, 11) is 0. The van der Waals surface area contributed by atoms with E-state index in [1.807, 2.05) is 0 Å². The molecule has 0 aromatic rings. The van der Waals surface area contributed by atoms with Gasteiger partial charge in [-0.25, -0.2) is 4.79 Å². The third kappa shape index (κ3) is 3.87. The van der Waals surface area contributed by atoms with Gasteiger partial charge in [-0.2, -0.15) is 0 Å². The van der Waals surface area contributed by atoms with E-state index >= 15 is 0 Å². The number of amides is 2. The minimum absolute atomic E-state index is 0.0347. The number of hydrogen-bond donors (Lipinski definition) is 3. The van der Waals surface area contributed by atoms with E-state index in [4.69, 9.17) is 5.11 Å². The number of aliphatic hydroxyl groups excluding tert-OH is 1. The SMILES string of the molecule is CC(C)(NC(=O)N1CCCCC1CCO)C(C)(C)C(=O)O. The zero-order chi connectivity index (χ0) is 16.3. The number of hydrogen-bond acceptors (Lipinski definition) is 3. The highest BCUT2D eigenvalue weighted by Gasteiger charge is 2.45. The van der Waals surface area contributed by atoms with Crippen molar-refractivity contribution >= 4 is 12.0 Å². The zero-order valence-corrected chi connectivity index (χ0v) is 13.5. The molecule has 1 atom stereocenters. The lowest BCUT2D eigenvalue weighted by atomic mass is 9.74. The standard InChI is InChI=1S/C15H28N2O4/c1-14(2,12(19)20)15(3,4)16-13(21)17-9-6-5-7-11(17)8-10-18/h11,18H,5-10H2,1-4H3,(H,16,21)(H,19,20). The predicted molar refractivity (Wildman–Crippen MR) is 80.1 cm³/mol. The first-order valence-corrected chi connectivity index (χ1v) is 7.56. The van der Waals surface area contributed by atoms with Gasteiger partial charge in [0.05, 0.1) is 11.0 Å². The number of likely N-dealkylation sites (tertiary alicyclic amines) is 1. The van der Waals surface area contributed by atoms with Crippen molar-refractivity contribution in [2.45, 2.75) is 65.0 Å². The molecule has 2 amide bonds. The number of rotatable bonds is 5. The molecule has 0 radical (unpaired) electrons. The van der Waals surface area contributed by atoms with Gasteiger partial charge in [-0.05, 0) is 53.4 Å². The summed E-state index contributed by atoms with van der Waals surface area (Å²) in [5.74, 6) is -0.946. The first kappa shape index (κ1) is 17.8. The van der Waals surface area contributed by atoms with Crippen LogP contribution in [-0.4, -0.2) is 51.8 Å². The van der Waals surface area contributed by atoms with E-state index in [1.165, 1.54) is 0 Å². The average molecular weight is 300 g/mol. The maximum Gasteiger partial charge on any atom is 0.318 e. The molecule has 1 fully saturated rings. The summed E-state index contributed by atoms with van der Waals surface area (Å²) in [6, 6.07) is -0.208.